The molecule has 0 atom stereocenters. The molecule has 0 aliphatic carbocycles. The molecule has 5 nitrogen and oxygen atoms in total. The molecule has 2 rings (SSSR count). The van der Waals surface area contributed by atoms with Crippen molar-refractivity contribution in [2.75, 3.05) is 0 Å². The number of carbonyl (C=O) groups is 1. The summed E-state index contributed by atoms with van der Waals surface area (Å²) in [5, 5.41) is 16.2. The lowest BCUT2D eigenvalue weighted by atomic mass is 10.1. The average molecular weight is 203 g/mol. The van der Waals surface area contributed by atoms with Gasteiger partial charge in [0.25, 0.3) is 0 Å². The normalized spacial score (nSPS) is 10.1. The first-order chi connectivity index (χ1) is 7.25. The van der Waals surface area contributed by atoms with Gasteiger partial charge in [-0.1, -0.05) is 12.1 Å². The fourth-order valence-corrected chi connectivity index (χ4v) is 1.28. The molecular formula is C10H9N3O2. The van der Waals surface area contributed by atoms with Gasteiger partial charge in [-0.25, -0.2) is 4.79 Å². The molecule has 2 N–H and O–H groups in total. The van der Waals surface area contributed by atoms with Gasteiger partial charge in [-0.15, -0.1) is 10.2 Å². The van der Waals surface area contributed by atoms with Gasteiger partial charge < -0.3 is 10.1 Å². The number of hydrogen-bond acceptors (Lipinski definition) is 3. The standard InChI is InChI=1S/C10H9N3O2/c14-10(15)8-3-1-7(2-4-8)5-9-11-6-12-13-9/h1-4,6H,5H2,(H,14,15)(H,11,12,13). The smallest absolute Gasteiger partial charge is 0.335 e. The largest absolute Gasteiger partial charge is 0.478 e. The predicted octanol–water partition coefficient (Wildman–Crippen LogP) is 1.09. The summed E-state index contributed by atoms with van der Waals surface area (Å²) in [6.07, 6.45) is 2.14. The second-order valence-corrected chi connectivity index (χ2v) is 3.11. The Bertz CT molecular complexity index is 448. The van der Waals surface area contributed by atoms with Gasteiger partial charge in [0.2, 0.25) is 0 Å². The van der Waals surface area contributed by atoms with E-state index in [0.717, 1.165) is 11.4 Å². The number of aromatic carboxylic acids is 1. The van der Waals surface area contributed by atoms with Crippen molar-refractivity contribution >= 4 is 5.97 Å². The number of aromatic nitrogens is 3. The zero-order valence-corrected chi connectivity index (χ0v) is 7.84. The predicted molar refractivity (Wildman–Crippen MR) is 52.6 cm³/mol. The summed E-state index contributed by atoms with van der Waals surface area (Å²) < 4.78 is 0. The molecule has 0 saturated heterocycles. The first-order valence-electron chi connectivity index (χ1n) is 4.43. The molecule has 0 fully saturated rings. The Labute approximate surface area is 85.8 Å². The maximum absolute atomic E-state index is 10.6. The van der Waals surface area contributed by atoms with E-state index in [1.54, 1.807) is 24.3 Å². The summed E-state index contributed by atoms with van der Waals surface area (Å²) in [6.45, 7) is 0. The van der Waals surface area contributed by atoms with Crippen LogP contribution in [0.2, 0.25) is 0 Å². The molecule has 76 valence electrons. The third-order valence-electron chi connectivity index (χ3n) is 2.04. The fraction of sp³-hybridized carbons (Fsp3) is 0.100. The number of hydrogen-bond donors (Lipinski definition) is 2. The molecule has 2 aromatic rings. The van der Waals surface area contributed by atoms with Crippen molar-refractivity contribution in [3.63, 3.8) is 0 Å². The maximum Gasteiger partial charge on any atom is 0.335 e. The van der Waals surface area contributed by atoms with Gasteiger partial charge in [0.1, 0.15) is 12.2 Å². The third kappa shape index (κ3) is 2.19. The molecule has 0 radical (unpaired) electrons. The lowest BCUT2D eigenvalue weighted by molar-refractivity contribution is 0.0697. The minimum absolute atomic E-state index is 0.288. The fourth-order valence-electron chi connectivity index (χ4n) is 1.28. The van der Waals surface area contributed by atoms with Gasteiger partial charge in [0.05, 0.1) is 5.56 Å². The van der Waals surface area contributed by atoms with Crippen molar-refractivity contribution in [3.05, 3.63) is 47.5 Å². The second-order valence-electron chi connectivity index (χ2n) is 3.11. The average Bonchev–Trinajstić information content (AvgIpc) is 2.71. The molecule has 0 aliphatic rings. The summed E-state index contributed by atoms with van der Waals surface area (Å²) in [5.74, 6) is -0.153. The van der Waals surface area contributed by atoms with E-state index in [1.807, 2.05) is 0 Å². The second kappa shape index (κ2) is 3.91. The monoisotopic (exact) mass is 203 g/mol. The molecule has 0 saturated carbocycles. The van der Waals surface area contributed by atoms with Gasteiger partial charge >= 0.3 is 5.97 Å². The van der Waals surface area contributed by atoms with Crippen LogP contribution in [0.3, 0.4) is 0 Å². The van der Waals surface area contributed by atoms with Gasteiger partial charge in [-0.3, -0.25) is 0 Å². The molecule has 0 bridgehead atoms. The van der Waals surface area contributed by atoms with Crippen LogP contribution in [-0.4, -0.2) is 26.3 Å². The zero-order chi connectivity index (χ0) is 10.7. The Morgan fingerprint density at radius 3 is 2.60 bits per heavy atom. The minimum atomic E-state index is -0.916. The Balaban J connectivity index is 2.14. The Morgan fingerprint density at radius 1 is 1.33 bits per heavy atom. The van der Waals surface area contributed by atoms with Crippen LogP contribution in [0.15, 0.2) is 30.6 Å². The number of benzene rings is 1. The van der Waals surface area contributed by atoms with Crippen molar-refractivity contribution in [2.45, 2.75) is 6.42 Å². The van der Waals surface area contributed by atoms with E-state index in [1.165, 1.54) is 6.33 Å². The number of nitrogens with zero attached hydrogens (tertiary/aromatic N) is 2. The van der Waals surface area contributed by atoms with E-state index in [9.17, 15) is 4.79 Å². The number of carboxylic acid groups (broad SMARTS) is 1. The maximum atomic E-state index is 10.6. The van der Waals surface area contributed by atoms with Gasteiger partial charge in [-0.2, -0.15) is 0 Å². The topological polar surface area (TPSA) is 78.9 Å². The van der Waals surface area contributed by atoms with E-state index in [4.69, 9.17) is 5.11 Å². The minimum Gasteiger partial charge on any atom is -0.478 e. The quantitative estimate of drug-likeness (QED) is 0.782. The van der Waals surface area contributed by atoms with Crippen molar-refractivity contribution in [3.8, 4) is 0 Å². The molecule has 0 spiro atoms. The van der Waals surface area contributed by atoms with Crippen LogP contribution in [0.4, 0.5) is 0 Å². The van der Waals surface area contributed by atoms with Crippen molar-refractivity contribution < 1.29 is 9.90 Å². The Hall–Kier alpha value is -2.17. The molecular weight excluding hydrogens is 194 g/mol. The van der Waals surface area contributed by atoms with Crippen LogP contribution < -0.4 is 0 Å². The van der Waals surface area contributed by atoms with Crippen molar-refractivity contribution in [1.29, 1.82) is 0 Å². The number of H-pyrrole nitrogens is 1. The molecule has 0 unspecified atom stereocenters. The van der Waals surface area contributed by atoms with Crippen LogP contribution in [0.25, 0.3) is 0 Å². The van der Waals surface area contributed by atoms with E-state index in [2.05, 4.69) is 15.2 Å². The van der Waals surface area contributed by atoms with Crippen LogP contribution in [0.5, 0.6) is 0 Å². The van der Waals surface area contributed by atoms with Crippen molar-refractivity contribution in [2.24, 2.45) is 0 Å². The summed E-state index contributed by atoms with van der Waals surface area (Å²) in [6, 6.07) is 6.69. The summed E-state index contributed by atoms with van der Waals surface area (Å²) in [4.78, 5) is 13.5. The lowest BCUT2D eigenvalue weighted by Crippen LogP contribution is -1.97. The molecule has 5 heteroatoms. The first kappa shape index (κ1) is 9.39. The van der Waals surface area contributed by atoms with E-state index in [0.29, 0.717) is 6.42 Å². The summed E-state index contributed by atoms with van der Waals surface area (Å²) in [7, 11) is 0. The summed E-state index contributed by atoms with van der Waals surface area (Å²) in [5.41, 5.74) is 1.29. The highest BCUT2D eigenvalue weighted by atomic mass is 16.4. The molecule has 0 amide bonds. The number of aromatic amines is 1. The molecule has 1 aromatic carbocycles. The molecule has 0 aliphatic heterocycles. The Kier molecular flexibility index (Phi) is 2.45. The highest BCUT2D eigenvalue weighted by molar-refractivity contribution is 5.87. The molecule has 1 aromatic heterocycles. The lowest BCUT2D eigenvalue weighted by Gasteiger charge is -1.98. The van der Waals surface area contributed by atoms with Crippen LogP contribution in [-0.2, 0) is 6.42 Å². The van der Waals surface area contributed by atoms with Gasteiger partial charge in [0, 0.05) is 6.42 Å². The van der Waals surface area contributed by atoms with Crippen LogP contribution in [0, 0.1) is 0 Å². The summed E-state index contributed by atoms with van der Waals surface area (Å²) >= 11 is 0. The number of rotatable bonds is 3. The Morgan fingerprint density at radius 2 is 2.07 bits per heavy atom. The van der Waals surface area contributed by atoms with Crippen LogP contribution in [0.1, 0.15) is 21.7 Å². The zero-order valence-electron chi connectivity index (χ0n) is 7.84. The van der Waals surface area contributed by atoms with Gasteiger partial charge in [0.15, 0.2) is 0 Å². The number of carboxylic acids is 1. The van der Waals surface area contributed by atoms with E-state index < -0.39 is 5.97 Å². The molecule has 15 heavy (non-hydrogen) atoms. The highest BCUT2D eigenvalue weighted by Crippen LogP contribution is 2.07. The number of nitrogens with one attached hydrogen (secondary N) is 1. The first-order valence-corrected chi connectivity index (χ1v) is 4.43. The molecule has 1 heterocycles. The SMILES string of the molecule is O=C(O)c1ccc(Cc2nnc[nH]2)cc1. The van der Waals surface area contributed by atoms with Crippen LogP contribution >= 0.6 is 0 Å². The van der Waals surface area contributed by atoms with E-state index >= 15 is 0 Å². The van der Waals surface area contributed by atoms with Crippen molar-refractivity contribution in [1.82, 2.24) is 15.2 Å². The third-order valence-corrected chi connectivity index (χ3v) is 2.04. The highest BCUT2D eigenvalue weighted by Gasteiger charge is 2.03. The van der Waals surface area contributed by atoms with Gasteiger partial charge in [-0.05, 0) is 17.7 Å². The van der Waals surface area contributed by atoms with E-state index in [-0.39, 0.29) is 5.56 Å².